The van der Waals surface area contributed by atoms with Gasteiger partial charge in [0.25, 0.3) is 0 Å². The summed E-state index contributed by atoms with van der Waals surface area (Å²) in [6.07, 6.45) is 0. The van der Waals surface area contributed by atoms with Crippen molar-refractivity contribution in [1.82, 2.24) is 4.98 Å². The fourth-order valence-electron chi connectivity index (χ4n) is 2.04. The Bertz CT molecular complexity index is 487. The topological polar surface area (TPSA) is 16.1 Å². The van der Waals surface area contributed by atoms with Crippen LogP contribution >= 0.6 is 24.0 Å². The number of benzene rings is 1. The van der Waals surface area contributed by atoms with Crippen LogP contribution in [0.1, 0.15) is 18.7 Å². The molecule has 2 nitrogen and oxygen atoms in total. The van der Waals surface area contributed by atoms with Crippen LogP contribution in [0.5, 0.6) is 0 Å². The molecule has 1 heterocycles. The second-order valence-corrected chi connectivity index (χ2v) is 5.26. The van der Waals surface area contributed by atoms with E-state index in [0.29, 0.717) is 0 Å². The fraction of sp³-hybridized carbons (Fsp3) is 0.357. The second kappa shape index (κ2) is 6.25. The quantitative estimate of drug-likeness (QED) is 0.829. The third-order valence-electron chi connectivity index (χ3n) is 3.05. The fourth-order valence-corrected chi connectivity index (χ4v) is 3.05. The number of thiol groups is 1. The van der Waals surface area contributed by atoms with Crippen molar-refractivity contribution in [2.24, 2.45) is 0 Å². The molecule has 18 heavy (non-hydrogen) atoms. The Morgan fingerprint density at radius 1 is 1.17 bits per heavy atom. The Balaban J connectivity index is 2.27. The van der Waals surface area contributed by atoms with E-state index in [1.807, 2.05) is 5.51 Å². The van der Waals surface area contributed by atoms with Crippen LogP contribution in [-0.2, 0) is 5.75 Å². The van der Waals surface area contributed by atoms with Crippen LogP contribution in [0.25, 0.3) is 11.3 Å². The molecule has 1 aromatic heterocycles. The first-order chi connectivity index (χ1) is 8.80. The van der Waals surface area contributed by atoms with Crippen molar-refractivity contribution in [1.29, 1.82) is 0 Å². The van der Waals surface area contributed by atoms with Crippen LogP contribution in [0, 0.1) is 0 Å². The van der Waals surface area contributed by atoms with Gasteiger partial charge in [0, 0.05) is 35.0 Å². The Morgan fingerprint density at radius 2 is 1.83 bits per heavy atom. The summed E-state index contributed by atoms with van der Waals surface area (Å²) in [5.74, 6) is 0.748. The molecule has 0 aliphatic heterocycles. The van der Waals surface area contributed by atoms with E-state index in [1.54, 1.807) is 11.3 Å². The third kappa shape index (κ3) is 2.70. The summed E-state index contributed by atoms with van der Waals surface area (Å²) in [5.41, 5.74) is 5.41. The van der Waals surface area contributed by atoms with Gasteiger partial charge in [0.05, 0.1) is 11.2 Å². The van der Waals surface area contributed by atoms with Gasteiger partial charge in [0.15, 0.2) is 0 Å². The van der Waals surface area contributed by atoms with Crippen LogP contribution in [0.2, 0.25) is 0 Å². The molecule has 0 aliphatic rings. The van der Waals surface area contributed by atoms with Gasteiger partial charge >= 0.3 is 0 Å². The summed E-state index contributed by atoms with van der Waals surface area (Å²) >= 11 is 6.01. The molecule has 2 aromatic rings. The monoisotopic (exact) mass is 278 g/mol. The summed E-state index contributed by atoms with van der Waals surface area (Å²) in [7, 11) is 0. The number of hydrogen-bond donors (Lipinski definition) is 1. The van der Waals surface area contributed by atoms with Crippen molar-refractivity contribution in [3.8, 4) is 11.3 Å². The van der Waals surface area contributed by atoms with Crippen molar-refractivity contribution in [3.63, 3.8) is 0 Å². The van der Waals surface area contributed by atoms with Crippen molar-refractivity contribution < 1.29 is 0 Å². The predicted molar refractivity (Wildman–Crippen MR) is 83.8 cm³/mol. The van der Waals surface area contributed by atoms with E-state index in [0.717, 1.165) is 24.5 Å². The highest BCUT2D eigenvalue weighted by Crippen LogP contribution is 2.28. The number of aromatic nitrogens is 1. The van der Waals surface area contributed by atoms with Crippen molar-refractivity contribution in [2.45, 2.75) is 19.6 Å². The summed E-state index contributed by atoms with van der Waals surface area (Å²) in [4.78, 5) is 8.00. The zero-order chi connectivity index (χ0) is 13.0. The maximum Gasteiger partial charge on any atom is 0.0851 e. The Hall–Kier alpha value is -1.00. The number of nitrogens with zero attached hydrogens (tertiary/aromatic N) is 2. The Morgan fingerprint density at radius 3 is 2.39 bits per heavy atom. The zero-order valence-electron chi connectivity index (χ0n) is 10.8. The average molecular weight is 278 g/mol. The van der Waals surface area contributed by atoms with Gasteiger partial charge in [-0.1, -0.05) is 12.1 Å². The van der Waals surface area contributed by atoms with Crippen LogP contribution in [0.15, 0.2) is 29.8 Å². The SMILES string of the molecule is CCN(CC)c1ccc(-c2ncsc2CS)cc1. The molecule has 1 aromatic carbocycles. The lowest BCUT2D eigenvalue weighted by Crippen LogP contribution is -2.21. The first kappa shape index (κ1) is 13.4. The molecule has 0 bridgehead atoms. The Kier molecular flexibility index (Phi) is 4.66. The minimum absolute atomic E-state index is 0.748. The highest BCUT2D eigenvalue weighted by atomic mass is 32.1. The molecule has 0 fully saturated rings. The number of thiazole rings is 1. The Labute approximate surface area is 118 Å². The molecular weight excluding hydrogens is 260 g/mol. The molecule has 0 saturated carbocycles. The summed E-state index contributed by atoms with van der Waals surface area (Å²) in [6.45, 7) is 6.43. The summed E-state index contributed by atoms with van der Waals surface area (Å²) in [5, 5.41) is 0. The first-order valence-corrected chi connectivity index (χ1v) is 7.70. The number of anilines is 1. The van der Waals surface area contributed by atoms with Crippen LogP contribution in [0.3, 0.4) is 0 Å². The molecule has 0 amide bonds. The minimum atomic E-state index is 0.748. The molecule has 0 radical (unpaired) electrons. The van der Waals surface area contributed by atoms with Gasteiger partial charge in [0.2, 0.25) is 0 Å². The maximum absolute atomic E-state index is 4.43. The molecule has 96 valence electrons. The lowest BCUT2D eigenvalue weighted by molar-refractivity contribution is 0.866. The van der Waals surface area contributed by atoms with E-state index in [9.17, 15) is 0 Å². The number of rotatable bonds is 5. The summed E-state index contributed by atoms with van der Waals surface area (Å²) in [6, 6.07) is 8.64. The molecule has 0 aliphatic carbocycles. The van der Waals surface area contributed by atoms with Gasteiger partial charge in [0.1, 0.15) is 0 Å². The van der Waals surface area contributed by atoms with E-state index < -0.39 is 0 Å². The average Bonchev–Trinajstić information content (AvgIpc) is 2.89. The van der Waals surface area contributed by atoms with E-state index in [2.05, 4.69) is 60.6 Å². The largest absolute Gasteiger partial charge is 0.372 e. The second-order valence-electron chi connectivity index (χ2n) is 4.00. The molecule has 0 unspecified atom stereocenters. The lowest BCUT2D eigenvalue weighted by Gasteiger charge is -2.21. The van der Waals surface area contributed by atoms with Gasteiger partial charge in [-0.15, -0.1) is 11.3 Å². The predicted octanol–water partition coefficient (Wildman–Crippen LogP) is 4.09. The van der Waals surface area contributed by atoms with Gasteiger partial charge in [-0.25, -0.2) is 4.98 Å². The molecule has 0 saturated heterocycles. The van der Waals surface area contributed by atoms with E-state index in [-0.39, 0.29) is 0 Å². The van der Waals surface area contributed by atoms with Gasteiger partial charge in [-0.3, -0.25) is 0 Å². The van der Waals surface area contributed by atoms with Gasteiger partial charge < -0.3 is 4.90 Å². The molecule has 0 atom stereocenters. The highest BCUT2D eigenvalue weighted by molar-refractivity contribution is 7.79. The standard InChI is InChI=1S/C14H18N2S2/c1-3-16(4-2)12-7-5-11(6-8-12)14-13(9-17)18-10-15-14/h5-8,10,17H,3-4,9H2,1-2H3. The van der Waals surface area contributed by atoms with E-state index in [1.165, 1.54) is 16.1 Å². The maximum atomic E-state index is 4.43. The van der Waals surface area contributed by atoms with Crippen LogP contribution in [-0.4, -0.2) is 18.1 Å². The molecule has 4 heteroatoms. The molecule has 0 spiro atoms. The smallest absolute Gasteiger partial charge is 0.0851 e. The van der Waals surface area contributed by atoms with E-state index >= 15 is 0 Å². The first-order valence-electron chi connectivity index (χ1n) is 6.18. The zero-order valence-corrected chi connectivity index (χ0v) is 12.5. The molecule has 2 rings (SSSR count). The minimum Gasteiger partial charge on any atom is -0.372 e. The van der Waals surface area contributed by atoms with Crippen molar-refractivity contribution in [2.75, 3.05) is 18.0 Å². The molecule has 0 N–H and O–H groups in total. The highest BCUT2D eigenvalue weighted by Gasteiger charge is 2.08. The third-order valence-corrected chi connectivity index (χ3v) is 4.42. The normalized spacial score (nSPS) is 10.6. The van der Waals surface area contributed by atoms with Crippen molar-refractivity contribution in [3.05, 3.63) is 34.7 Å². The van der Waals surface area contributed by atoms with Crippen molar-refractivity contribution >= 4 is 29.7 Å². The van der Waals surface area contributed by atoms with Gasteiger partial charge in [-0.2, -0.15) is 12.6 Å². The lowest BCUT2D eigenvalue weighted by atomic mass is 10.1. The van der Waals surface area contributed by atoms with E-state index in [4.69, 9.17) is 0 Å². The summed E-state index contributed by atoms with van der Waals surface area (Å²) < 4.78 is 0. The molecular formula is C14H18N2S2. The van der Waals surface area contributed by atoms with Gasteiger partial charge in [-0.05, 0) is 26.0 Å². The van der Waals surface area contributed by atoms with Crippen LogP contribution < -0.4 is 4.90 Å². The number of hydrogen-bond acceptors (Lipinski definition) is 4. The van der Waals surface area contributed by atoms with Crippen LogP contribution in [0.4, 0.5) is 5.69 Å².